The number of thiophene rings is 3. The zero-order chi connectivity index (χ0) is 106. The van der Waals surface area contributed by atoms with Gasteiger partial charge in [-0.1, -0.05) is 155 Å². The number of aromatic nitrogens is 6. The number of para-hydroxylation sites is 2. The van der Waals surface area contributed by atoms with Crippen LogP contribution in [0.3, 0.4) is 0 Å². The maximum Gasteiger partial charge on any atom is 0.339 e. The average molecular weight is 2040 g/mol. The number of carboxylic acids is 1. The summed E-state index contributed by atoms with van der Waals surface area (Å²) in [5, 5.41) is 43.2. The molecule has 10 aromatic heterocycles. The number of halogens is 1. The predicted octanol–water partition coefficient (Wildman–Crippen LogP) is 25.3. The molecular weight excluding hydrogens is 1940 g/mol. The fraction of sp³-hybridized carbons (Fsp3) is 0.0870. The number of phenols is 1. The molecule has 0 bridgehead atoms. The van der Waals surface area contributed by atoms with Crippen LogP contribution in [0.2, 0.25) is 5.02 Å². The number of carbonyl (C=O) groups is 7. The molecule has 20 N–H and O–H groups in total. The minimum atomic E-state index is -1.13. The number of aryl methyl sites for hydroxylation is 9. The lowest BCUT2D eigenvalue weighted by atomic mass is 9.99. The number of benzene rings is 9. The van der Waals surface area contributed by atoms with Gasteiger partial charge in [0.2, 0.25) is 0 Å². The predicted molar refractivity (Wildman–Crippen MR) is 597 cm³/mol. The van der Waals surface area contributed by atoms with E-state index >= 15 is 0 Å². The van der Waals surface area contributed by atoms with E-state index in [4.69, 9.17) is 60.3 Å². The molecule has 0 aliphatic heterocycles. The van der Waals surface area contributed by atoms with Gasteiger partial charge in [-0.15, -0.1) is 34.0 Å². The Balaban J connectivity index is 0.000000140. The van der Waals surface area contributed by atoms with Gasteiger partial charge in [0.05, 0.1) is 30.1 Å². The Labute approximate surface area is 870 Å². The molecule has 6 amide bonds. The van der Waals surface area contributed by atoms with Crippen LogP contribution in [-0.2, 0) is 0 Å². The van der Waals surface area contributed by atoms with Crippen molar-refractivity contribution in [2.24, 2.45) is 0 Å². The number of furan rings is 1. The first-order chi connectivity index (χ1) is 71.1. The Hall–Kier alpha value is -18.5. The topological polar surface area (TPSA) is 488 Å². The second-order valence-corrected chi connectivity index (χ2v) is 37.1. The standard InChI is InChI=1S/C21H17N3OS.C21H21N3O.C20H18ClN3O.C18H15N3O4.C18H17N3O2S.C17H15N3O2S/c1-13-6-8-14(9-7-13)21(25)24-19-11-10-16(20(22)23-19)17-12-26-18-5-3-2-4-15(17)18;1-13-5-8-16(9-6-13)21(25)24-19-11-10-17(20(22)23-19)18-12-14(2)4-7-15(18)3;1-12-3-6-14(7-4-12)20(25)24-18-10-9-16(19(22)23-18)17-11-15(21)8-5-13(17)2;1-10-2-4-11(5-3-10)17(22)21-14-7-6-12(16(19)20-14)15-13(18(23)24)8-9-25-15;1-11-9-10-24-16(11)13-7-8-15(20-17(13)19)21-18(22)12-5-3-4-6-14(12)23-2;1-10-8-9-23-15(10)12-6-7-14(19-16(12)18)20-17(22)11-4-2-3-5-13(11)21/h2-12H,1H3,(H3,22,23,24,25);4-12H,1-3H3,(H3,22,23,24,25);3-11H,1-2H3,(H3,22,23,24,25);2-9H,1H3,(H,23,24)(H3,19,20,21,22);3-10H,1-2H3,(H3,19,20,21,22);2-9,21H,1H3,(H3,18,19,20,22). The first kappa shape index (κ1) is 105. The van der Waals surface area contributed by atoms with Crippen molar-refractivity contribution in [3.8, 4) is 77.1 Å². The summed E-state index contributed by atoms with van der Waals surface area (Å²) in [4.78, 5) is 113. The number of amides is 6. The fourth-order valence-corrected chi connectivity index (χ4v) is 18.1. The van der Waals surface area contributed by atoms with Crippen LogP contribution in [-0.4, -0.2) is 88.6 Å². The number of aromatic hydroxyl groups is 1. The van der Waals surface area contributed by atoms with Crippen LogP contribution in [0.5, 0.6) is 11.5 Å². The van der Waals surface area contributed by atoms with Crippen molar-refractivity contribution < 1.29 is 52.9 Å². The Bertz CT molecular complexity index is 7960. The van der Waals surface area contributed by atoms with E-state index in [1.807, 2.05) is 200 Å². The number of aromatic carboxylic acids is 1. The molecule has 10 heterocycles. The van der Waals surface area contributed by atoms with Crippen LogP contribution in [0.25, 0.3) is 75.7 Å². The van der Waals surface area contributed by atoms with E-state index in [2.05, 4.69) is 97.5 Å². The summed E-state index contributed by atoms with van der Waals surface area (Å²) in [6.45, 7) is 18.0. The van der Waals surface area contributed by atoms with Gasteiger partial charge < -0.3 is 85.7 Å². The number of nitrogen functional groups attached to an aromatic ring is 6. The molecule has 744 valence electrons. The third kappa shape index (κ3) is 26.9. The third-order valence-corrected chi connectivity index (χ3v) is 26.3. The molecule has 0 atom stereocenters. The summed E-state index contributed by atoms with van der Waals surface area (Å²) < 4.78 is 11.6. The van der Waals surface area contributed by atoms with E-state index in [0.717, 1.165) is 110 Å². The zero-order valence-electron chi connectivity index (χ0n) is 81.9. The largest absolute Gasteiger partial charge is 0.507 e. The number of carbonyl (C=O) groups excluding carboxylic acids is 6. The van der Waals surface area contributed by atoms with Crippen molar-refractivity contribution in [1.29, 1.82) is 0 Å². The van der Waals surface area contributed by atoms with Crippen molar-refractivity contribution in [1.82, 2.24) is 29.9 Å². The molecule has 19 rings (SSSR count). The number of nitrogens with zero attached hydrogens (tertiary/aromatic N) is 6. The van der Waals surface area contributed by atoms with Crippen LogP contribution >= 0.6 is 45.6 Å². The number of ether oxygens (including phenoxy) is 1. The molecule has 0 radical (unpaired) electrons. The van der Waals surface area contributed by atoms with E-state index in [1.54, 1.807) is 149 Å². The number of hydrogen-bond donors (Lipinski definition) is 14. The minimum absolute atomic E-state index is 0.00931. The normalized spacial score (nSPS) is 10.5. The monoisotopic (exact) mass is 2040 g/mol. The summed E-state index contributed by atoms with van der Waals surface area (Å²) in [5.41, 5.74) is 56.9. The minimum Gasteiger partial charge on any atom is -0.507 e. The summed E-state index contributed by atoms with van der Waals surface area (Å²) in [6.07, 6.45) is 1.27. The second kappa shape index (κ2) is 48.5. The zero-order valence-corrected chi connectivity index (χ0v) is 85.1. The van der Waals surface area contributed by atoms with E-state index in [1.165, 1.54) is 42.3 Å². The van der Waals surface area contributed by atoms with Crippen LogP contribution < -0.4 is 71.0 Å². The number of fused-ring (bicyclic) bond motifs is 1. The number of nitrogens with two attached hydrogens (primary N) is 6. The van der Waals surface area contributed by atoms with Crippen LogP contribution in [0.15, 0.2) is 324 Å². The molecule has 0 spiro atoms. The van der Waals surface area contributed by atoms with Gasteiger partial charge in [0.25, 0.3) is 35.4 Å². The van der Waals surface area contributed by atoms with Crippen LogP contribution in [0.4, 0.5) is 69.8 Å². The van der Waals surface area contributed by atoms with E-state index in [0.29, 0.717) is 102 Å². The summed E-state index contributed by atoms with van der Waals surface area (Å²) in [6, 6.07) is 89.2. The maximum absolute atomic E-state index is 12.4. The Morgan fingerprint density at radius 2 is 0.655 bits per heavy atom. The van der Waals surface area contributed by atoms with Crippen molar-refractivity contribution in [2.75, 3.05) is 73.4 Å². The lowest BCUT2D eigenvalue weighted by molar-refractivity contribution is 0.0695. The number of carboxylic acid groups (broad SMARTS) is 1. The van der Waals surface area contributed by atoms with Crippen molar-refractivity contribution in [2.45, 2.75) is 62.3 Å². The van der Waals surface area contributed by atoms with E-state index in [-0.39, 0.29) is 63.8 Å². The van der Waals surface area contributed by atoms with Gasteiger partial charge in [0.1, 0.15) is 86.9 Å². The van der Waals surface area contributed by atoms with Gasteiger partial charge in [-0.05, 0) is 294 Å². The molecule has 0 fully saturated rings. The van der Waals surface area contributed by atoms with Crippen LogP contribution in [0.1, 0.15) is 123 Å². The average Bonchev–Trinajstić information content (AvgIpc) is 1.67. The lowest BCUT2D eigenvalue weighted by Crippen LogP contribution is -2.14. The number of rotatable bonds is 20. The number of anilines is 12. The number of pyridine rings is 6. The van der Waals surface area contributed by atoms with Gasteiger partial charge in [0.15, 0.2) is 5.76 Å². The van der Waals surface area contributed by atoms with Gasteiger partial charge in [0, 0.05) is 80.5 Å². The van der Waals surface area contributed by atoms with Gasteiger partial charge in [-0.3, -0.25) is 28.8 Å². The fourth-order valence-electron chi connectivity index (χ4n) is 15.0. The molecule has 0 unspecified atom stereocenters. The number of hydrogen-bond acceptors (Lipinski definition) is 25. The van der Waals surface area contributed by atoms with E-state index < -0.39 is 11.9 Å². The maximum atomic E-state index is 12.4. The molecule has 0 aliphatic rings. The first-order valence-electron chi connectivity index (χ1n) is 46.0. The molecule has 33 heteroatoms. The SMILES string of the molecule is COc1ccccc1C(=O)Nc1ccc(-c2sccc2C)c(N)n1.Cc1ccc(C(=O)Nc2ccc(-c3cc(C)ccc3C)c(N)n2)cc1.Cc1ccc(C(=O)Nc2ccc(-c3cc(Cl)ccc3C)c(N)n2)cc1.Cc1ccc(C(=O)Nc2ccc(-c3csc4ccccc34)c(N)n2)cc1.Cc1ccc(C(=O)Nc2ccc(-c3occc3C(=O)O)c(N)n2)cc1.Cc1ccsc1-c1ccc(NC(=O)c2ccccc2O)nc1N. The van der Waals surface area contributed by atoms with Gasteiger partial charge in [-0.2, -0.15) is 0 Å². The molecular formula is C115H103ClN18O11S3. The highest BCUT2D eigenvalue weighted by Crippen LogP contribution is 2.41. The highest BCUT2D eigenvalue weighted by atomic mass is 35.5. The highest BCUT2D eigenvalue weighted by Gasteiger charge is 2.24. The van der Waals surface area contributed by atoms with Crippen molar-refractivity contribution >= 4 is 167 Å². The van der Waals surface area contributed by atoms with Crippen LogP contribution in [0, 0.1) is 62.3 Å². The molecule has 29 nitrogen and oxygen atoms in total. The summed E-state index contributed by atoms with van der Waals surface area (Å²) in [7, 11) is 1.53. The van der Waals surface area contributed by atoms with E-state index in [9.17, 15) is 38.7 Å². The molecule has 0 saturated heterocycles. The van der Waals surface area contributed by atoms with Crippen molar-refractivity contribution in [3.05, 3.63) is 414 Å². The van der Waals surface area contributed by atoms with Gasteiger partial charge in [-0.25, -0.2) is 34.7 Å². The molecule has 9 aromatic carbocycles. The smallest absolute Gasteiger partial charge is 0.339 e. The van der Waals surface area contributed by atoms with Gasteiger partial charge >= 0.3 is 5.97 Å². The lowest BCUT2D eigenvalue weighted by Gasteiger charge is -2.12. The molecule has 19 aromatic rings. The third-order valence-electron chi connectivity index (χ3n) is 23.1. The summed E-state index contributed by atoms with van der Waals surface area (Å²) >= 11 is 11.0. The number of phenolic OH excluding ortho intramolecular Hbond substituents is 1. The number of methoxy groups -OCH3 is 1. The molecule has 0 saturated carbocycles. The quantitative estimate of drug-likeness (QED) is 0.0337. The summed E-state index contributed by atoms with van der Waals surface area (Å²) in [5.74, 6) is 1.98. The first-order valence-corrected chi connectivity index (χ1v) is 49.0. The molecule has 148 heavy (non-hydrogen) atoms. The Morgan fingerprint density at radius 1 is 0.318 bits per heavy atom. The molecule has 0 aliphatic carbocycles. The Morgan fingerprint density at radius 3 is 1.04 bits per heavy atom. The number of nitrogens with one attached hydrogen (secondary N) is 6. The highest BCUT2D eigenvalue weighted by molar-refractivity contribution is 7.17. The Kier molecular flexibility index (Phi) is 34.5. The van der Waals surface area contributed by atoms with Crippen molar-refractivity contribution in [3.63, 3.8) is 0 Å². The second-order valence-electron chi connectivity index (χ2n) is 33.9.